The molecule has 0 saturated carbocycles. The molecule has 0 spiro atoms. The van der Waals surface area contributed by atoms with E-state index < -0.39 is 10.0 Å². The van der Waals surface area contributed by atoms with E-state index in [1.54, 1.807) is 30.2 Å². The summed E-state index contributed by atoms with van der Waals surface area (Å²) < 4.78 is 28.5. The largest absolute Gasteiger partial charge is 0.390 e. The Hall–Kier alpha value is -1.64. The maximum atomic E-state index is 12.1. The molecule has 7 nitrogen and oxygen atoms in total. The zero-order valence-corrected chi connectivity index (χ0v) is 11.3. The highest BCUT2D eigenvalue weighted by Gasteiger charge is 2.18. The maximum Gasteiger partial charge on any atom is 0.242 e. The van der Waals surface area contributed by atoms with Crippen molar-refractivity contribution in [1.29, 1.82) is 0 Å². The Kier molecular flexibility index (Phi) is 4.03. The van der Waals surface area contributed by atoms with Crippen LogP contribution in [0, 0.1) is 0 Å². The predicted octanol–water partition coefficient (Wildman–Crippen LogP) is 0.0705. The van der Waals surface area contributed by atoms with Crippen molar-refractivity contribution in [1.82, 2.24) is 19.3 Å². The van der Waals surface area contributed by atoms with Crippen molar-refractivity contribution in [3.05, 3.63) is 36.7 Å². The van der Waals surface area contributed by atoms with Gasteiger partial charge in [0.2, 0.25) is 10.0 Å². The van der Waals surface area contributed by atoms with Crippen LogP contribution in [0.2, 0.25) is 0 Å². The lowest BCUT2D eigenvalue weighted by Crippen LogP contribution is -2.35. The summed E-state index contributed by atoms with van der Waals surface area (Å²) in [5, 5.41) is 8.91. The number of H-pyrrole nitrogens is 1. The highest BCUT2D eigenvalue weighted by atomic mass is 32.2. The number of nitrogens with one attached hydrogen (secondary N) is 2. The summed E-state index contributed by atoms with van der Waals surface area (Å²) in [5.41, 5.74) is 0.461. The molecule has 8 heteroatoms. The number of hydrogen-bond acceptors (Lipinski definition) is 4. The summed E-state index contributed by atoms with van der Waals surface area (Å²) >= 11 is 0. The smallest absolute Gasteiger partial charge is 0.242 e. The molecule has 0 fully saturated rings. The van der Waals surface area contributed by atoms with Crippen molar-refractivity contribution in [2.45, 2.75) is 31.0 Å². The fourth-order valence-corrected chi connectivity index (χ4v) is 3.00. The molecule has 0 aliphatic heterocycles. The van der Waals surface area contributed by atoms with E-state index in [0.717, 1.165) is 0 Å². The van der Waals surface area contributed by atoms with E-state index in [4.69, 9.17) is 5.11 Å². The molecule has 2 aromatic rings. The van der Waals surface area contributed by atoms with Crippen molar-refractivity contribution in [2.24, 2.45) is 0 Å². The molecule has 0 bridgehead atoms. The molecule has 0 aromatic carbocycles. The molecule has 2 rings (SSSR count). The summed E-state index contributed by atoms with van der Waals surface area (Å²) in [6.45, 7) is 2.05. The fourth-order valence-electron chi connectivity index (χ4n) is 1.75. The van der Waals surface area contributed by atoms with E-state index in [9.17, 15) is 8.42 Å². The second-order valence-electron chi connectivity index (χ2n) is 4.30. The quantitative estimate of drug-likeness (QED) is 0.699. The first-order valence-electron chi connectivity index (χ1n) is 5.77. The Morgan fingerprint density at radius 2 is 2.37 bits per heavy atom. The zero-order valence-electron chi connectivity index (χ0n) is 10.4. The highest BCUT2D eigenvalue weighted by molar-refractivity contribution is 7.89. The molecule has 0 aliphatic rings. The van der Waals surface area contributed by atoms with Crippen LogP contribution in [-0.4, -0.2) is 34.1 Å². The van der Waals surface area contributed by atoms with E-state index in [2.05, 4.69) is 14.7 Å². The number of aliphatic hydroxyl groups excluding tert-OH is 1. The number of aromatic amines is 1. The summed E-state index contributed by atoms with van der Waals surface area (Å²) in [4.78, 5) is 6.71. The lowest BCUT2D eigenvalue weighted by Gasteiger charge is -2.13. The predicted molar refractivity (Wildman–Crippen MR) is 68.7 cm³/mol. The van der Waals surface area contributed by atoms with Crippen LogP contribution in [-0.2, 0) is 23.2 Å². The van der Waals surface area contributed by atoms with E-state index in [1.165, 1.54) is 12.3 Å². The summed E-state index contributed by atoms with van der Waals surface area (Å²) in [7, 11) is -3.58. The Morgan fingerprint density at radius 3 is 2.95 bits per heavy atom. The topological polar surface area (TPSA) is 100 Å². The molecule has 1 unspecified atom stereocenters. The number of sulfonamides is 1. The van der Waals surface area contributed by atoms with Gasteiger partial charge in [-0.2, -0.15) is 0 Å². The first kappa shape index (κ1) is 13.8. The molecule has 0 amide bonds. The van der Waals surface area contributed by atoms with Crippen LogP contribution in [0.15, 0.2) is 35.9 Å². The SMILES string of the molecule is CC(Cn1ccnc1)NS(=O)(=O)c1c[nH]c(CO)c1. The zero-order chi connectivity index (χ0) is 13.9. The van der Waals surface area contributed by atoms with Crippen LogP contribution >= 0.6 is 0 Å². The third kappa shape index (κ3) is 3.43. The van der Waals surface area contributed by atoms with Gasteiger partial charge in [0, 0.05) is 36.9 Å². The summed E-state index contributed by atoms with van der Waals surface area (Å²) in [6, 6.07) is 1.14. The minimum atomic E-state index is -3.58. The summed E-state index contributed by atoms with van der Waals surface area (Å²) in [5.74, 6) is 0. The number of rotatable bonds is 6. The van der Waals surface area contributed by atoms with Gasteiger partial charge in [0.15, 0.2) is 0 Å². The highest BCUT2D eigenvalue weighted by Crippen LogP contribution is 2.11. The van der Waals surface area contributed by atoms with Gasteiger partial charge in [0.25, 0.3) is 0 Å². The van der Waals surface area contributed by atoms with Gasteiger partial charge < -0.3 is 14.7 Å². The van der Waals surface area contributed by atoms with Crippen molar-refractivity contribution >= 4 is 10.0 Å². The lowest BCUT2D eigenvalue weighted by atomic mass is 10.4. The number of aromatic nitrogens is 3. The van der Waals surface area contributed by atoms with Crippen LogP contribution in [0.5, 0.6) is 0 Å². The van der Waals surface area contributed by atoms with Crippen molar-refractivity contribution < 1.29 is 13.5 Å². The molecule has 1 atom stereocenters. The Balaban J connectivity index is 2.04. The maximum absolute atomic E-state index is 12.1. The van der Waals surface area contributed by atoms with Gasteiger partial charge in [0.05, 0.1) is 17.8 Å². The number of imidazole rings is 1. The van der Waals surface area contributed by atoms with Gasteiger partial charge in [-0.15, -0.1) is 0 Å². The van der Waals surface area contributed by atoms with Gasteiger partial charge >= 0.3 is 0 Å². The van der Waals surface area contributed by atoms with Crippen molar-refractivity contribution in [3.8, 4) is 0 Å². The van der Waals surface area contributed by atoms with E-state index in [-0.39, 0.29) is 17.5 Å². The fraction of sp³-hybridized carbons (Fsp3) is 0.364. The Morgan fingerprint density at radius 1 is 1.58 bits per heavy atom. The number of nitrogens with zero attached hydrogens (tertiary/aromatic N) is 2. The van der Waals surface area contributed by atoms with Gasteiger partial charge in [-0.3, -0.25) is 0 Å². The third-order valence-corrected chi connectivity index (χ3v) is 4.17. The van der Waals surface area contributed by atoms with Crippen LogP contribution in [0.4, 0.5) is 0 Å². The van der Waals surface area contributed by atoms with Gasteiger partial charge in [0.1, 0.15) is 0 Å². The summed E-state index contributed by atoms with van der Waals surface area (Å²) in [6.07, 6.45) is 6.40. The van der Waals surface area contributed by atoms with Crippen molar-refractivity contribution in [3.63, 3.8) is 0 Å². The second-order valence-corrected chi connectivity index (χ2v) is 6.01. The molecule has 104 valence electrons. The third-order valence-electron chi connectivity index (χ3n) is 2.60. The second kappa shape index (κ2) is 5.55. The van der Waals surface area contributed by atoms with Crippen LogP contribution in [0.3, 0.4) is 0 Å². The molecule has 0 radical (unpaired) electrons. The van der Waals surface area contributed by atoms with E-state index in [0.29, 0.717) is 12.2 Å². The average Bonchev–Trinajstić information content (AvgIpc) is 2.97. The minimum absolute atomic E-state index is 0.119. The molecule has 0 aliphatic carbocycles. The van der Waals surface area contributed by atoms with Crippen molar-refractivity contribution in [2.75, 3.05) is 0 Å². The van der Waals surface area contributed by atoms with Gasteiger partial charge in [-0.05, 0) is 13.0 Å². The average molecular weight is 284 g/mol. The van der Waals surface area contributed by atoms with Gasteiger partial charge in [-0.25, -0.2) is 18.1 Å². The standard InChI is InChI=1S/C11H16N4O3S/c1-9(6-15-3-2-12-8-15)14-19(17,18)11-4-10(7-16)13-5-11/h2-5,8-9,13-14,16H,6-7H2,1H3. The number of hydrogen-bond donors (Lipinski definition) is 3. The number of aliphatic hydroxyl groups is 1. The molecule has 19 heavy (non-hydrogen) atoms. The van der Waals surface area contributed by atoms with Crippen LogP contribution in [0.1, 0.15) is 12.6 Å². The van der Waals surface area contributed by atoms with Crippen LogP contribution in [0.25, 0.3) is 0 Å². The molecular weight excluding hydrogens is 268 g/mol. The minimum Gasteiger partial charge on any atom is -0.390 e. The van der Waals surface area contributed by atoms with Gasteiger partial charge in [-0.1, -0.05) is 0 Å². The van der Waals surface area contributed by atoms with Crippen LogP contribution < -0.4 is 4.72 Å². The first-order chi connectivity index (χ1) is 9.01. The molecular formula is C11H16N4O3S. The lowest BCUT2D eigenvalue weighted by molar-refractivity contribution is 0.277. The first-order valence-corrected chi connectivity index (χ1v) is 7.26. The molecule has 2 heterocycles. The molecule has 0 saturated heterocycles. The Labute approximate surface area is 111 Å². The Bertz CT molecular complexity index is 618. The normalized spacial score (nSPS) is 13.6. The van der Waals surface area contributed by atoms with E-state index >= 15 is 0 Å². The molecule has 2 aromatic heterocycles. The van der Waals surface area contributed by atoms with E-state index in [1.807, 2.05) is 0 Å². The molecule has 3 N–H and O–H groups in total. The monoisotopic (exact) mass is 284 g/mol.